The zero-order valence-corrected chi connectivity index (χ0v) is 11.7. The second-order valence-electron chi connectivity index (χ2n) is 5.48. The lowest BCUT2D eigenvalue weighted by atomic mass is 9.95. The third-order valence-corrected chi connectivity index (χ3v) is 3.71. The first-order chi connectivity index (χ1) is 10.4. The number of aromatic nitrogens is 1. The number of ether oxygens (including phenoxy) is 1. The fourth-order valence-electron chi connectivity index (χ4n) is 2.40. The topological polar surface area (TPSA) is 48.1 Å². The summed E-state index contributed by atoms with van der Waals surface area (Å²) in [5, 5.41) is 0. The van der Waals surface area contributed by atoms with Gasteiger partial charge in [0.25, 0.3) is 0 Å². The summed E-state index contributed by atoms with van der Waals surface area (Å²) < 4.78 is 42.2. The van der Waals surface area contributed by atoms with Crippen LogP contribution in [0.3, 0.4) is 0 Å². The fraction of sp³-hybridized carbons (Fsp3) is 0.312. The highest BCUT2D eigenvalue weighted by Gasteiger charge is 2.42. The highest BCUT2D eigenvalue weighted by atomic mass is 19.4. The summed E-state index contributed by atoms with van der Waals surface area (Å²) in [6, 6.07) is 8.43. The predicted octanol–water partition coefficient (Wildman–Crippen LogP) is 3.64. The molecule has 1 aliphatic rings. The molecule has 2 N–H and O–H groups in total. The number of halogens is 3. The molecule has 3 rings (SSSR count). The maximum absolute atomic E-state index is 12.4. The monoisotopic (exact) mass is 308 g/mol. The van der Waals surface area contributed by atoms with E-state index in [1.807, 2.05) is 0 Å². The van der Waals surface area contributed by atoms with Gasteiger partial charge in [0.15, 0.2) is 6.61 Å². The van der Waals surface area contributed by atoms with Crippen LogP contribution in [-0.4, -0.2) is 17.8 Å². The summed E-state index contributed by atoms with van der Waals surface area (Å²) >= 11 is 0. The van der Waals surface area contributed by atoms with E-state index in [2.05, 4.69) is 4.98 Å². The molecule has 0 bridgehead atoms. The minimum absolute atomic E-state index is 0.191. The number of alkyl halides is 3. The van der Waals surface area contributed by atoms with Gasteiger partial charge in [0.2, 0.25) is 0 Å². The Labute approximate surface area is 125 Å². The molecule has 0 saturated heterocycles. The van der Waals surface area contributed by atoms with Crippen molar-refractivity contribution in [1.29, 1.82) is 0 Å². The van der Waals surface area contributed by atoms with E-state index < -0.39 is 18.3 Å². The van der Waals surface area contributed by atoms with Gasteiger partial charge in [-0.2, -0.15) is 13.2 Å². The van der Waals surface area contributed by atoms with Crippen LogP contribution >= 0.6 is 0 Å². The van der Waals surface area contributed by atoms with Crippen LogP contribution in [0.4, 0.5) is 13.2 Å². The van der Waals surface area contributed by atoms with Gasteiger partial charge in [-0.1, -0.05) is 18.2 Å². The summed E-state index contributed by atoms with van der Waals surface area (Å²) in [4.78, 5) is 4.09. The number of nitrogens with two attached hydrogens (primary N) is 1. The van der Waals surface area contributed by atoms with E-state index >= 15 is 0 Å². The van der Waals surface area contributed by atoms with Crippen molar-refractivity contribution in [2.45, 2.75) is 24.6 Å². The zero-order valence-electron chi connectivity index (χ0n) is 11.7. The molecule has 0 unspecified atom stereocenters. The summed E-state index contributed by atoms with van der Waals surface area (Å²) in [6.45, 7) is -1.32. The van der Waals surface area contributed by atoms with Gasteiger partial charge in [0.05, 0.1) is 0 Å². The minimum Gasteiger partial charge on any atom is -0.483 e. The molecule has 0 spiro atoms. The van der Waals surface area contributed by atoms with Crippen LogP contribution in [0.2, 0.25) is 0 Å². The normalized spacial score (nSPS) is 16.4. The zero-order chi connectivity index (χ0) is 15.8. The van der Waals surface area contributed by atoms with Crippen molar-refractivity contribution in [3.8, 4) is 16.9 Å². The van der Waals surface area contributed by atoms with Crippen LogP contribution in [0.15, 0.2) is 42.7 Å². The second-order valence-corrected chi connectivity index (χ2v) is 5.48. The average molecular weight is 308 g/mol. The molecule has 6 heteroatoms. The molecule has 22 heavy (non-hydrogen) atoms. The molecule has 0 atom stereocenters. The Bertz CT molecular complexity index is 681. The van der Waals surface area contributed by atoms with Gasteiger partial charge in [0, 0.05) is 23.5 Å². The van der Waals surface area contributed by atoms with Crippen molar-refractivity contribution in [3.63, 3.8) is 0 Å². The van der Waals surface area contributed by atoms with Gasteiger partial charge in [-0.15, -0.1) is 0 Å². The van der Waals surface area contributed by atoms with E-state index in [9.17, 15) is 13.2 Å². The molecule has 116 valence electrons. The predicted molar refractivity (Wildman–Crippen MR) is 76.3 cm³/mol. The van der Waals surface area contributed by atoms with Crippen LogP contribution < -0.4 is 10.5 Å². The van der Waals surface area contributed by atoms with E-state index in [-0.39, 0.29) is 5.75 Å². The van der Waals surface area contributed by atoms with Gasteiger partial charge in [-0.3, -0.25) is 4.98 Å². The molecule has 1 aromatic heterocycles. The van der Waals surface area contributed by atoms with Crippen LogP contribution in [-0.2, 0) is 5.54 Å². The van der Waals surface area contributed by atoms with E-state index in [0.29, 0.717) is 5.56 Å². The number of hydrogen-bond donors (Lipinski definition) is 1. The van der Waals surface area contributed by atoms with Crippen molar-refractivity contribution in [1.82, 2.24) is 4.98 Å². The van der Waals surface area contributed by atoms with E-state index in [0.717, 1.165) is 24.0 Å². The Kier molecular flexibility index (Phi) is 3.56. The Morgan fingerprint density at radius 3 is 2.55 bits per heavy atom. The summed E-state index contributed by atoms with van der Waals surface area (Å²) in [5.41, 5.74) is 8.02. The molecule has 1 saturated carbocycles. The van der Waals surface area contributed by atoms with E-state index in [1.54, 1.807) is 36.7 Å². The lowest BCUT2D eigenvalue weighted by molar-refractivity contribution is -0.153. The molecule has 1 aromatic carbocycles. The Morgan fingerprint density at radius 2 is 1.86 bits per heavy atom. The maximum Gasteiger partial charge on any atom is 0.422 e. The van der Waals surface area contributed by atoms with Crippen molar-refractivity contribution in [2.75, 3.05) is 6.61 Å². The molecule has 0 aliphatic heterocycles. The molecular weight excluding hydrogens is 293 g/mol. The first-order valence-electron chi connectivity index (χ1n) is 6.91. The standard InChI is InChI=1S/C16H15F3N2O/c17-16(18,19)10-22-14-4-2-1-3-12(14)11-5-8-21-9-13(11)15(20)6-7-15/h1-5,8-9H,6-7,10,20H2. The van der Waals surface area contributed by atoms with Crippen molar-refractivity contribution < 1.29 is 17.9 Å². The summed E-state index contributed by atoms with van der Waals surface area (Å²) in [6.07, 6.45) is 0.599. The third-order valence-electron chi connectivity index (χ3n) is 3.71. The smallest absolute Gasteiger partial charge is 0.422 e. The molecule has 3 nitrogen and oxygen atoms in total. The lowest BCUT2D eigenvalue weighted by Gasteiger charge is -2.18. The molecule has 0 radical (unpaired) electrons. The SMILES string of the molecule is NC1(c2cnccc2-c2ccccc2OCC(F)(F)F)CC1. The number of hydrogen-bond acceptors (Lipinski definition) is 3. The fourth-order valence-corrected chi connectivity index (χ4v) is 2.40. The quantitative estimate of drug-likeness (QED) is 0.938. The second kappa shape index (κ2) is 5.28. The van der Waals surface area contributed by atoms with Crippen LogP contribution in [0.25, 0.3) is 11.1 Å². The Balaban J connectivity index is 1.99. The number of benzene rings is 1. The molecule has 2 aromatic rings. The minimum atomic E-state index is -4.38. The first-order valence-corrected chi connectivity index (χ1v) is 6.91. The van der Waals surface area contributed by atoms with Crippen LogP contribution in [0.5, 0.6) is 5.75 Å². The van der Waals surface area contributed by atoms with Gasteiger partial charge in [-0.05, 0) is 36.1 Å². The summed E-state index contributed by atoms with van der Waals surface area (Å²) in [7, 11) is 0. The summed E-state index contributed by atoms with van der Waals surface area (Å²) in [5.74, 6) is 0.191. The van der Waals surface area contributed by atoms with Crippen molar-refractivity contribution in [3.05, 3.63) is 48.3 Å². The number of nitrogens with zero attached hydrogens (tertiary/aromatic N) is 1. The molecule has 0 amide bonds. The van der Waals surface area contributed by atoms with Gasteiger partial charge >= 0.3 is 6.18 Å². The van der Waals surface area contributed by atoms with Gasteiger partial charge in [-0.25, -0.2) is 0 Å². The van der Waals surface area contributed by atoms with Crippen LogP contribution in [0.1, 0.15) is 18.4 Å². The molecule has 1 fully saturated rings. The average Bonchev–Trinajstić information content (AvgIpc) is 3.24. The highest BCUT2D eigenvalue weighted by Crippen LogP contribution is 2.47. The lowest BCUT2D eigenvalue weighted by Crippen LogP contribution is -2.21. The molecule has 1 aliphatic carbocycles. The molecule has 1 heterocycles. The highest BCUT2D eigenvalue weighted by molar-refractivity contribution is 5.74. The van der Waals surface area contributed by atoms with Gasteiger partial charge < -0.3 is 10.5 Å². The van der Waals surface area contributed by atoms with E-state index in [1.165, 1.54) is 6.07 Å². The van der Waals surface area contributed by atoms with E-state index in [4.69, 9.17) is 10.5 Å². The largest absolute Gasteiger partial charge is 0.483 e. The third kappa shape index (κ3) is 3.06. The Morgan fingerprint density at radius 1 is 1.14 bits per heavy atom. The number of pyridine rings is 1. The first kappa shape index (κ1) is 14.8. The maximum atomic E-state index is 12.4. The van der Waals surface area contributed by atoms with Crippen molar-refractivity contribution >= 4 is 0 Å². The number of rotatable bonds is 4. The van der Waals surface area contributed by atoms with Gasteiger partial charge in [0.1, 0.15) is 5.75 Å². The molecular formula is C16H15F3N2O. The number of para-hydroxylation sites is 1. The van der Waals surface area contributed by atoms with Crippen LogP contribution in [0, 0.1) is 0 Å². The van der Waals surface area contributed by atoms with Crippen molar-refractivity contribution in [2.24, 2.45) is 5.73 Å². The Hall–Kier alpha value is -2.08.